The van der Waals surface area contributed by atoms with Gasteiger partial charge in [0.15, 0.2) is 0 Å². The molecule has 8 nitrogen and oxygen atoms in total. The number of fused-ring (bicyclic) bond motifs is 2. The standard InChI is InChI=1S/C29H31ClF3N5O3S/c30-23-9-6-17(12-25(23)33)27(18-11-19(31)14-35-13-18)28(34)29(39)37-26-5-1-4-24(32)22(26)8-7-21-15-36-20-3-2-10-42(40,41)38(21)16-20/h1,4-6,9,11-14,20-21,27-28,36H,2-3,7-8,10,15-16,34H2,(H,37,39). The number of anilines is 1. The zero-order valence-electron chi connectivity index (χ0n) is 22.6. The third-order valence-corrected chi connectivity index (χ3v) is 10.2. The molecule has 2 saturated heterocycles. The van der Waals surface area contributed by atoms with Crippen molar-refractivity contribution in [1.82, 2.24) is 14.6 Å². The van der Waals surface area contributed by atoms with Gasteiger partial charge in [0.1, 0.15) is 17.5 Å². The summed E-state index contributed by atoms with van der Waals surface area (Å²) < 4.78 is 70.8. The molecule has 4 N–H and O–H groups in total. The lowest BCUT2D eigenvalue weighted by atomic mass is 9.85. The molecule has 5 unspecified atom stereocenters. The van der Waals surface area contributed by atoms with Gasteiger partial charge >= 0.3 is 0 Å². The number of aromatic nitrogens is 1. The van der Waals surface area contributed by atoms with Crippen LogP contribution in [-0.2, 0) is 21.2 Å². The van der Waals surface area contributed by atoms with Crippen molar-refractivity contribution < 1.29 is 26.4 Å². The summed E-state index contributed by atoms with van der Waals surface area (Å²) in [5, 5.41) is 5.95. The van der Waals surface area contributed by atoms with Gasteiger partial charge in [-0.05, 0) is 67.1 Å². The van der Waals surface area contributed by atoms with Crippen LogP contribution < -0.4 is 16.4 Å². The Bertz CT molecular complexity index is 1580. The van der Waals surface area contributed by atoms with E-state index in [-0.39, 0.29) is 51.7 Å². The van der Waals surface area contributed by atoms with E-state index in [9.17, 15) is 22.0 Å². The molecule has 42 heavy (non-hydrogen) atoms. The number of hydrogen-bond acceptors (Lipinski definition) is 6. The minimum atomic E-state index is -3.42. The molecule has 5 atom stereocenters. The lowest BCUT2D eigenvalue weighted by Gasteiger charge is -2.37. The number of rotatable bonds is 8. The number of nitrogens with zero attached hydrogens (tertiary/aromatic N) is 2. The van der Waals surface area contributed by atoms with E-state index in [2.05, 4.69) is 15.6 Å². The summed E-state index contributed by atoms with van der Waals surface area (Å²) in [4.78, 5) is 17.3. The topological polar surface area (TPSA) is 117 Å². The highest BCUT2D eigenvalue weighted by Crippen LogP contribution is 2.32. The van der Waals surface area contributed by atoms with Crippen LogP contribution in [0.15, 0.2) is 54.9 Å². The van der Waals surface area contributed by atoms with E-state index in [1.165, 1.54) is 40.8 Å². The van der Waals surface area contributed by atoms with Crippen LogP contribution >= 0.6 is 11.6 Å². The number of sulfonamides is 1. The van der Waals surface area contributed by atoms with Gasteiger partial charge < -0.3 is 16.4 Å². The largest absolute Gasteiger partial charge is 0.324 e. The monoisotopic (exact) mass is 621 g/mol. The molecule has 13 heteroatoms. The first-order valence-electron chi connectivity index (χ1n) is 13.7. The molecule has 0 radical (unpaired) electrons. The number of pyridine rings is 1. The molecule has 0 spiro atoms. The first-order valence-corrected chi connectivity index (χ1v) is 15.6. The average molecular weight is 622 g/mol. The molecule has 2 aliphatic rings. The number of benzene rings is 2. The number of hydrogen-bond donors (Lipinski definition) is 3. The second-order valence-corrected chi connectivity index (χ2v) is 13.1. The van der Waals surface area contributed by atoms with Crippen molar-refractivity contribution in [3.63, 3.8) is 0 Å². The molecule has 0 saturated carbocycles. The Kier molecular flexibility index (Phi) is 9.19. The maximum atomic E-state index is 15.1. The van der Waals surface area contributed by atoms with E-state index >= 15 is 4.39 Å². The van der Waals surface area contributed by atoms with Crippen LogP contribution in [0.3, 0.4) is 0 Å². The van der Waals surface area contributed by atoms with Gasteiger partial charge in [0.25, 0.3) is 0 Å². The van der Waals surface area contributed by atoms with E-state index in [0.717, 1.165) is 24.8 Å². The average Bonchev–Trinajstić information content (AvgIpc) is 3.06. The van der Waals surface area contributed by atoms with E-state index in [1.807, 2.05) is 0 Å². The smallest absolute Gasteiger partial charge is 0.242 e. The zero-order valence-corrected chi connectivity index (χ0v) is 24.1. The summed E-state index contributed by atoms with van der Waals surface area (Å²) >= 11 is 5.84. The SMILES string of the molecule is NC(C(=O)Nc1cccc(F)c1CCC1CNC2CCCS(=O)(=O)N1C2)C(c1cncc(F)c1)c1ccc(Cl)c(F)c1. The van der Waals surface area contributed by atoms with Crippen molar-refractivity contribution in [1.29, 1.82) is 0 Å². The normalized spacial score (nSPS) is 23.0. The van der Waals surface area contributed by atoms with Crippen molar-refractivity contribution in [2.24, 2.45) is 5.73 Å². The number of amides is 1. The number of nitrogens with two attached hydrogens (primary N) is 1. The molecule has 1 amide bonds. The number of piperazine rings is 1. The molecule has 224 valence electrons. The summed E-state index contributed by atoms with van der Waals surface area (Å²) in [5.41, 5.74) is 7.28. The van der Waals surface area contributed by atoms with Crippen LogP contribution in [0.25, 0.3) is 0 Å². The Morgan fingerprint density at radius 3 is 2.71 bits per heavy atom. The zero-order chi connectivity index (χ0) is 30.0. The van der Waals surface area contributed by atoms with Crippen molar-refractivity contribution in [2.45, 2.75) is 49.7 Å². The Labute approximate surface area is 247 Å². The van der Waals surface area contributed by atoms with Crippen LogP contribution in [0.4, 0.5) is 18.9 Å². The van der Waals surface area contributed by atoms with Crippen LogP contribution in [0.5, 0.6) is 0 Å². The number of nitrogens with one attached hydrogen (secondary N) is 2. The van der Waals surface area contributed by atoms with E-state index in [0.29, 0.717) is 25.9 Å². The van der Waals surface area contributed by atoms with Crippen molar-refractivity contribution in [3.8, 4) is 0 Å². The fourth-order valence-corrected chi connectivity index (χ4v) is 7.69. The Morgan fingerprint density at radius 2 is 1.95 bits per heavy atom. The minimum absolute atomic E-state index is 0.0834. The number of halogens is 4. The molecular formula is C29H31ClF3N5O3S. The van der Waals surface area contributed by atoms with Gasteiger partial charge in [0.2, 0.25) is 15.9 Å². The van der Waals surface area contributed by atoms with Gasteiger partial charge in [-0.2, -0.15) is 4.31 Å². The van der Waals surface area contributed by atoms with Gasteiger partial charge in [0.05, 0.1) is 23.0 Å². The molecule has 5 rings (SSSR count). The van der Waals surface area contributed by atoms with Crippen LogP contribution in [0, 0.1) is 17.5 Å². The fourth-order valence-electron chi connectivity index (χ4n) is 5.76. The summed E-state index contributed by atoms with van der Waals surface area (Å²) in [6, 6.07) is 7.69. The van der Waals surface area contributed by atoms with E-state index in [1.54, 1.807) is 0 Å². The molecule has 3 heterocycles. The maximum absolute atomic E-state index is 15.1. The second kappa shape index (κ2) is 12.7. The third kappa shape index (κ3) is 6.63. The lowest BCUT2D eigenvalue weighted by Crippen LogP contribution is -2.57. The molecule has 2 bridgehead atoms. The minimum Gasteiger partial charge on any atom is -0.324 e. The van der Waals surface area contributed by atoms with Crippen LogP contribution in [0.1, 0.15) is 41.9 Å². The predicted molar refractivity (Wildman–Crippen MR) is 154 cm³/mol. The molecule has 2 aliphatic heterocycles. The van der Waals surface area contributed by atoms with Gasteiger partial charge in [-0.1, -0.05) is 23.7 Å². The van der Waals surface area contributed by atoms with Crippen molar-refractivity contribution in [3.05, 3.63) is 94.0 Å². The maximum Gasteiger partial charge on any atom is 0.242 e. The quantitative estimate of drug-likeness (QED) is 0.351. The molecule has 0 aliphatic carbocycles. The van der Waals surface area contributed by atoms with Gasteiger partial charge in [-0.25, -0.2) is 21.6 Å². The summed E-state index contributed by atoms with van der Waals surface area (Å²) in [6.07, 6.45) is 4.17. The number of carbonyl (C=O) groups is 1. The van der Waals surface area contributed by atoms with E-state index in [4.69, 9.17) is 17.3 Å². The Balaban J connectivity index is 1.38. The second-order valence-electron chi connectivity index (χ2n) is 10.7. The molecule has 2 aromatic carbocycles. The number of carbonyl (C=O) groups excluding carboxylic acids is 1. The van der Waals surface area contributed by atoms with Crippen LogP contribution in [-0.4, -0.2) is 60.6 Å². The van der Waals surface area contributed by atoms with Gasteiger partial charge in [-0.3, -0.25) is 9.78 Å². The summed E-state index contributed by atoms with van der Waals surface area (Å²) in [7, 11) is -3.42. The highest BCUT2D eigenvalue weighted by molar-refractivity contribution is 7.89. The fraction of sp³-hybridized carbons (Fsp3) is 0.379. The predicted octanol–water partition coefficient (Wildman–Crippen LogP) is 3.95. The Morgan fingerprint density at radius 1 is 1.14 bits per heavy atom. The summed E-state index contributed by atoms with van der Waals surface area (Å²) in [6.45, 7) is 0.830. The highest BCUT2D eigenvalue weighted by Gasteiger charge is 2.38. The summed E-state index contributed by atoms with van der Waals surface area (Å²) in [5.74, 6) is -3.61. The Hall–Kier alpha value is -3.03. The van der Waals surface area contributed by atoms with Crippen molar-refractivity contribution in [2.75, 3.05) is 24.2 Å². The van der Waals surface area contributed by atoms with Gasteiger partial charge in [0, 0.05) is 48.5 Å². The first-order chi connectivity index (χ1) is 20.0. The molecular weight excluding hydrogens is 591 g/mol. The molecule has 2 fully saturated rings. The lowest BCUT2D eigenvalue weighted by molar-refractivity contribution is -0.117. The molecule has 3 aromatic rings. The van der Waals surface area contributed by atoms with E-state index < -0.39 is 45.3 Å². The van der Waals surface area contributed by atoms with Crippen LogP contribution in [0.2, 0.25) is 5.02 Å². The molecule has 1 aromatic heterocycles. The highest BCUT2D eigenvalue weighted by atomic mass is 35.5. The van der Waals surface area contributed by atoms with Crippen molar-refractivity contribution >= 4 is 33.2 Å². The third-order valence-electron chi connectivity index (χ3n) is 7.92. The van der Waals surface area contributed by atoms with Gasteiger partial charge in [-0.15, -0.1) is 0 Å². The first kappa shape index (κ1) is 30.4.